The van der Waals surface area contributed by atoms with Crippen molar-refractivity contribution in [2.45, 2.75) is 10.6 Å². The highest BCUT2D eigenvalue weighted by molar-refractivity contribution is 7.90. The molecule has 0 fully saturated rings. The fraction of sp³-hybridized carbons (Fsp3) is 0.200. The van der Waals surface area contributed by atoms with Gasteiger partial charge in [-0.3, -0.25) is 0 Å². The predicted molar refractivity (Wildman–Crippen MR) is 76.8 cm³/mol. The van der Waals surface area contributed by atoms with Crippen LogP contribution >= 0.6 is 0 Å². The van der Waals surface area contributed by atoms with Crippen molar-refractivity contribution >= 4 is 9.84 Å². The lowest BCUT2D eigenvalue weighted by Gasteiger charge is -2.10. The highest BCUT2D eigenvalue weighted by atomic mass is 32.2. The maximum absolute atomic E-state index is 13.6. The van der Waals surface area contributed by atoms with Crippen LogP contribution in [0.15, 0.2) is 47.4 Å². The minimum atomic E-state index is -3.62. The van der Waals surface area contributed by atoms with Crippen molar-refractivity contribution in [1.82, 2.24) is 0 Å². The first kappa shape index (κ1) is 15.3. The minimum absolute atomic E-state index is 0.0773. The molecule has 0 bridgehead atoms. The van der Waals surface area contributed by atoms with Crippen LogP contribution in [0.25, 0.3) is 0 Å². The summed E-state index contributed by atoms with van der Waals surface area (Å²) in [7, 11) is -0.870. The highest BCUT2D eigenvalue weighted by Crippen LogP contribution is 2.27. The Balaban J connectivity index is 2.35. The summed E-state index contributed by atoms with van der Waals surface area (Å²) in [4.78, 5) is 0.0868. The molecule has 0 heterocycles. The van der Waals surface area contributed by atoms with Crippen LogP contribution < -0.4 is 9.47 Å². The molecule has 0 amide bonds. The van der Waals surface area contributed by atoms with E-state index >= 15 is 0 Å². The molecule has 0 radical (unpaired) electrons. The third-order valence-corrected chi connectivity index (χ3v) is 4.70. The van der Waals surface area contributed by atoms with Crippen molar-refractivity contribution < 1.29 is 22.3 Å². The third kappa shape index (κ3) is 3.33. The molecule has 0 saturated carbocycles. The first-order chi connectivity index (χ1) is 9.97. The van der Waals surface area contributed by atoms with Crippen molar-refractivity contribution in [3.05, 3.63) is 53.8 Å². The smallest absolute Gasteiger partial charge is 0.186 e. The van der Waals surface area contributed by atoms with E-state index in [1.165, 1.54) is 32.4 Å². The van der Waals surface area contributed by atoms with E-state index in [-0.39, 0.29) is 22.1 Å². The summed E-state index contributed by atoms with van der Waals surface area (Å²) in [5.41, 5.74) is 0.346. The molecule has 2 rings (SSSR count). The van der Waals surface area contributed by atoms with Gasteiger partial charge in [-0.1, -0.05) is 18.2 Å². The van der Waals surface area contributed by atoms with Crippen molar-refractivity contribution in [1.29, 1.82) is 0 Å². The molecule has 112 valence electrons. The van der Waals surface area contributed by atoms with E-state index in [1.807, 2.05) is 0 Å². The van der Waals surface area contributed by atoms with Crippen molar-refractivity contribution in [3.63, 3.8) is 0 Å². The second-order valence-electron chi connectivity index (χ2n) is 4.38. The van der Waals surface area contributed by atoms with Gasteiger partial charge in [0.25, 0.3) is 0 Å². The summed E-state index contributed by atoms with van der Waals surface area (Å²) in [5.74, 6) is -0.556. The summed E-state index contributed by atoms with van der Waals surface area (Å²) in [6.07, 6.45) is 0. The molecular formula is C15H15FO4S. The monoisotopic (exact) mass is 310 g/mol. The highest BCUT2D eigenvalue weighted by Gasteiger charge is 2.20. The first-order valence-corrected chi connectivity index (χ1v) is 7.81. The van der Waals surface area contributed by atoms with Gasteiger partial charge in [0.05, 0.1) is 20.0 Å². The van der Waals surface area contributed by atoms with Gasteiger partial charge >= 0.3 is 0 Å². The zero-order valence-corrected chi connectivity index (χ0v) is 12.5. The summed E-state index contributed by atoms with van der Waals surface area (Å²) in [5, 5.41) is 0. The Labute approximate surface area is 123 Å². The molecule has 2 aromatic carbocycles. The lowest BCUT2D eigenvalue weighted by Crippen LogP contribution is -2.07. The van der Waals surface area contributed by atoms with Crippen LogP contribution in [0.3, 0.4) is 0 Å². The molecule has 0 aromatic heterocycles. The van der Waals surface area contributed by atoms with E-state index < -0.39 is 15.7 Å². The Morgan fingerprint density at radius 2 is 1.67 bits per heavy atom. The molecular weight excluding hydrogens is 295 g/mol. The second-order valence-corrected chi connectivity index (χ2v) is 6.34. The number of methoxy groups -OCH3 is 2. The molecule has 0 atom stereocenters. The van der Waals surface area contributed by atoms with E-state index in [0.29, 0.717) is 5.56 Å². The maximum atomic E-state index is 13.6. The van der Waals surface area contributed by atoms with E-state index in [9.17, 15) is 12.8 Å². The van der Waals surface area contributed by atoms with Crippen LogP contribution in [0.5, 0.6) is 11.5 Å². The molecule has 0 unspecified atom stereocenters. The standard InChI is InChI=1S/C15H15FO4S/c1-19-13-8-7-11(9-12(13)16)10-21(17,18)15-6-4-3-5-14(15)20-2/h3-9H,10H2,1-2H3. The molecule has 0 aliphatic carbocycles. The number of sulfone groups is 1. The average molecular weight is 310 g/mol. The quantitative estimate of drug-likeness (QED) is 0.852. The van der Waals surface area contributed by atoms with Crippen molar-refractivity contribution in [2.75, 3.05) is 14.2 Å². The largest absolute Gasteiger partial charge is 0.495 e. The van der Waals surface area contributed by atoms with Crippen LogP contribution in [0.1, 0.15) is 5.56 Å². The van der Waals surface area contributed by atoms with E-state index in [2.05, 4.69) is 0 Å². The number of hydrogen-bond acceptors (Lipinski definition) is 4. The van der Waals surface area contributed by atoms with E-state index in [0.717, 1.165) is 6.07 Å². The number of ether oxygens (including phenoxy) is 2. The number of halogens is 1. The normalized spacial score (nSPS) is 11.2. The molecule has 2 aromatic rings. The number of benzene rings is 2. The molecule has 0 aliphatic heterocycles. The van der Waals surface area contributed by atoms with Gasteiger partial charge in [-0.25, -0.2) is 12.8 Å². The lowest BCUT2D eigenvalue weighted by atomic mass is 10.2. The van der Waals surface area contributed by atoms with Gasteiger partial charge in [0.2, 0.25) is 0 Å². The average Bonchev–Trinajstić information content (AvgIpc) is 2.47. The topological polar surface area (TPSA) is 52.6 Å². The van der Waals surface area contributed by atoms with Gasteiger partial charge in [-0.05, 0) is 29.8 Å². The number of para-hydroxylation sites is 1. The molecule has 0 spiro atoms. The van der Waals surface area contributed by atoms with Crippen molar-refractivity contribution in [3.8, 4) is 11.5 Å². The molecule has 21 heavy (non-hydrogen) atoms. The Morgan fingerprint density at radius 1 is 1.00 bits per heavy atom. The van der Waals surface area contributed by atoms with E-state index in [4.69, 9.17) is 9.47 Å². The Hall–Kier alpha value is -2.08. The SMILES string of the molecule is COc1ccc(CS(=O)(=O)c2ccccc2OC)cc1F. The summed E-state index contributed by atoms with van der Waals surface area (Å²) >= 11 is 0. The molecule has 0 aliphatic rings. The lowest BCUT2D eigenvalue weighted by molar-refractivity contribution is 0.386. The number of rotatable bonds is 5. The zero-order chi connectivity index (χ0) is 15.5. The van der Waals surface area contributed by atoms with Gasteiger partial charge in [0, 0.05) is 0 Å². The first-order valence-electron chi connectivity index (χ1n) is 6.16. The Morgan fingerprint density at radius 3 is 2.29 bits per heavy atom. The van der Waals surface area contributed by atoms with Gasteiger partial charge in [0.15, 0.2) is 21.4 Å². The molecule has 6 heteroatoms. The summed E-state index contributed by atoms with van der Waals surface area (Å²) < 4.78 is 48.3. The fourth-order valence-corrected chi connectivity index (χ4v) is 3.49. The minimum Gasteiger partial charge on any atom is -0.495 e. The predicted octanol–water partition coefficient (Wildman–Crippen LogP) is 2.82. The van der Waals surface area contributed by atoms with Crippen molar-refractivity contribution in [2.24, 2.45) is 0 Å². The van der Waals surface area contributed by atoms with Crippen LogP contribution in [-0.4, -0.2) is 22.6 Å². The van der Waals surface area contributed by atoms with Crippen LogP contribution in [0.4, 0.5) is 4.39 Å². The van der Waals surface area contributed by atoms with Gasteiger partial charge in [0.1, 0.15) is 10.6 Å². The zero-order valence-electron chi connectivity index (χ0n) is 11.7. The second kappa shape index (κ2) is 6.13. The third-order valence-electron chi connectivity index (χ3n) is 2.98. The summed E-state index contributed by atoms with van der Waals surface area (Å²) in [6.45, 7) is 0. The van der Waals surface area contributed by atoms with Crippen LogP contribution in [-0.2, 0) is 15.6 Å². The fourth-order valence-electron chi connectivity index (χ4n) is 1.97. The Bertz CT molecular complexity index is 741. The van der Waals surface area contributed by atoms with Gasteiger partial charge < -0.3 is 9.47 Å². The molecule has 0 N–H and O–H groups in total. The molecule has 4 nitrogen and oxygen atoms in total. The Kier molecular flexibility index (Phi) is 4.47. The van der Waals surface area contributed by atoms with Crippen LogP contribution in [0.2, 0.25) is 0 Å². The maximum Gasteiger partial charge on any atom is 0.186 e. The van der Waals surface area contributed by atoms with Gasteiger partial charge in [-0.2, -0.15) is 0 Å². The summed E-state index contributed by atoms with van der Waals surface area (Å²) in [6, 6.07) is 10.4. The van der Waals surface area contributed by atoms with Gasteiger partial charge in [-0.15, -0.1) is 0 Å². The number of hydrogen-bond donors (Lipinski definition) is 0. The van der Waals surface area contributed by atoms with Crippen LogP contribution in [0, 0.1) is 5.82 Å². The molecule has 0 saturated heterocycles. The van der Waals surface area contributed by atoms with E-state index in [1.54, 1.807) is 18.2 Å².